The van der Waals surface area contributed by atoms with Crippen LogP contribution in [0.5, 0.6) is 11.5 Å². The number of rotatable bonds is 9. The molecule has 0 saturated carbocycles. The molecule has 0 bridgehead atoms. The fourth-order valence-electron chi connectivity index (χ4n) is 2.68. The summed E-state index contributed by atoms with van der Waals surface area (Å²) in [5.41, 5.74) is 2.76. The fraction of sp³-hybridized carbons (Fsp3) is 0.333. The first kappa shape index (κ1) is 19.5. The lowest BCUT2D eigenvalue weighted by atomic mass is 9.98. The van der Waals surface area contributed by atoms with E-state index in [9.17, 15) is 5.26 Å². The molecule has 0 aromatic heterocycles. The van der Waals surface area contributed by atoms with E-state index in [1.165, 1.54) is 0 Å². The summed E-state index contributed by atoms with van der Waals surface area (Å²) in [5, 5.41) is 9.47. The molecule has 0 N–H and O–H groups in total. The summed E-state index contributed by atoms with van der Waals surface area (Å²) in [7, 11) is 4.93. The molecule has 0 spiro atoms. The molecule has 2 rings (SSSR count). The normalized spacial score (nSPS) is 11.9. The van der Waals surface area contributed by atoms with E-state index in [2.05, 4.69) is 11.1 Å². The van der Waals surface area contributed by atoms with Crippen molar-refractivity contribution in [3.8, 4) is 17.6 Å². The summed E-state index contributed by atoms with van der Waals surface area (Å²) in [5.74, 6) is 1.15. The van der Waals surface area contributed by atoms with Gasteiger partial charge in [0.1, 0.15) is 11.5 Å². The van der Waals surface area contributed by atoms with Crippen LogP contribution in [0, 0.1) is 17.2 Å². The number of hydrogen-bond acceptors (Lipinski definition) is 5. The lowest BCUT2D eigenvalue weighted by Crippen LogP contribution is -2.06. The first-order valence-electron chi connectivity index (χ1n) is 8.43. The molecule has 0 aliphatic rings. The Bertz CT molecular complexity index is 742. The number of ether oxygens (including phenoxy) is 3. The number of para-hydroxylation sites is 1. The number of benzene rings is 2. The Morgan fingerprint density at radius 1 is 1.08 bits per heavy atom. The van der Waals surface area contributed by atoms with Crippen molar-refractivity contribution in [2.75, 3.05) is 27.9 Å². The van der Waals surface area contributed by atoms with E-state index in [0.717, 1.165) is 28.3 Å². The van der Waals surface area contributed by atoms with Crippen LogP contribution < -0.4 is 9.47 Å². The van der Waals surface area contributed by atoms with Crippen molar-refractivity contribution in [3.05, 3.63) is 53.6 Å². The molecule has 2 aromatic carbocycles. The molecule has 5 heteroatoms. The Hall–Kier alpha value is -2.84. The Labute approximate surface area is 154 Å². The molecule has 0 amide bonds. The van der Waals surface area contributed by atoms with Gasteiger partial charge in [-0.05, 0) is 36.2 Å². The van der Waals surface area contributed by atoms with Gasteiger partial charge in [0.25, 0.3) is 0 Å². The van der Waals surface area contributed by atoms with Gasteiger partial charge >= 0.3 is 0 Å². The van der Waals surface area contributed by atoms with Crippen LogP contribution in [0.25, 0.3) is 0 Å². The third-order valence-corrected chi connectivity index (χ3v) is 4.01. The molecule has 1 unspecified atom stereocenters. The summed E-state index contributed by atoms with van der Waals surface area (Å²) in [6.07, 6.45) is 2.91. The predicted octanol–water partition coefficient (Wildman–Crippen LogP) is 3.98. The Kier molecular flexibility index (Phi) is 7.66. The molecule has 1 atom stereocenters. The predicted molar refractivity (Wildman–Crippen MR) is 103 cm³/mol. The number of nitrogens with zero attached hydrogens (tertiary/aromatic N) is 2. The lowest BCUT2D eigenvalue weighted by Gasteiger charge is -2.16. The van der Waals surface area contributed by atoms with Gasteiger partial charge in [-0.3, -0.25) is 4.99 Å². The second kappa shape index (κ2) is 10.2. The van der Waals surface area contributed by atoms with Gasteiger partial charge in [0.05, 0.1) is 38.5 Å². The van der Waals surface area contributed by atoms with Gasteiger partial charge < -0.3 is 14.2 Å². The molecule has 0 aliphatic carbocycles. The third-order valence-electron chi connectivity index (χ3n) is 4.01. The van der Waals surface area contributed by atoms with E-state index >= 15 is 0 Å². The van der Waals surface area contributed by atoms with Gasteiger partial charge in [-0.15, -0.1) is 0 Å². The van der Waals surface area contributed by atoms with Gasteiger partial charge in [0, 0.05) is 25.3 Å². The first-order chi connectivity index (χ1) is 12.7. The molecular weight excluding hydrogens is 328 g/mol. The van der Waals surface area contributed by atoms with Crippen molar-refractivity contribution in [1.82, 2.24) is 0 Å². The summed E-state index contributed by atoms with van der Waals surface area (Å²) in [4.78, 5) is 4.39. The second-order valence-corrected chi connectivity index (χ2v) is 5.78. The minimum absolute atomic E-state index is 0.338. The molecule has 136 valence electrons. The highest BCUT2D eigenvalue weighted by Crippen LogP contribution is 2.32. The molecule has 26 heavy (non-hydrogen) atoms. The van der Waals surface area contributed by atoms with E-state index in [4.69, 9.17) is 14.2 Å². The number of nitriles is 1. The Morgan fingerprint density at radius 2 is 1.73 bits per heavy atom. The van der Waals surface area contributed by atoms with Gasteiger partial charge in [0.15, 0.2) is 0 Å². The van der Waals surface area contributed by atoms with Gasteiger partial charge in [-0.25, -0.2) is 0 Å². The van der Waals surface area contributed by atoms with Crippen LogP contribution in [0.4, 0.5) is 5.69 Å². The molecular formula is C21H24N2O3. The molecule has 0 radical (unpaired) electrons. The second-order valence-electron chi connectivity index (χ2n) is 5.78. The van der Waals surface area contributed by atoms with Crippen LogP contribution in [-0.2, 0) is 17.6 Å². The SMILES string of the molecule is COCCc1c(OC)cc(CC(C#N)C=Nc2ccccc2)cc1OC. The van der Waals surface area contributed by atoms with Crippen LogP contribution in [0.3, 0.4) is 0 Å². The average molecular weight is 352 g/mol. The van der Waals surface area contributed by atoms with E-state index in [-0.39, 0.29) is 5.92 Å². The van der Waals surface area contributed by atoms with Crippen LogP contribution in [-0.4, -0.2) is 34.2 Å². The van der Waals surface area contributed by atoms with E-state index in [1.807, 2.05) is 42.5 Å². The quantitative estimate of drug-likeness (QED) is 0.641. The minimum Gasteiger partial charge on any atom is -0.496 e. The molecule has 0 fully saturated rings. The monoisotopic (exact) mass is 352 g/mol. The topological polar surface area (TPSA) is 63.8 Å². The summed E-state index contributed by atoms with van der Waals surface area (Å²) >= 11 is 0. The standard InChI is InChI=1S/C21H24N2O3/c1-24-10-9-19-20(25-2)12-16(13-21(19)26-3)11-17(14-22)15-23-18-7-5-4-6-8-18/h4-8,12-13,15,17H,9-11H2,1-3H3. The maximum absolute atomic E-state index is 9.47. The van der Waals surface area contributed by atoms with E-state index in [1.54, 1.807) is 27.5 Å². The molecule has 0 heterocycles. The van der Waals surface area contributed by atoms with Crippen LogP contribution in [0.1, 0.15) is 11.1 Å². The highest BCUT2D eigenvalue weighted by atomic mass is 16.5. The highest BCUT2D eigenvalue weighted by molar-refractivity contribution is 5.69. The van der Waals surface area contributed by atoms with Gasteiger partial charge in [-0.2, -0.15) is 5.26 Å². The number of aliphatic imine (C=N–C) groups is 1. The number of methoxy groups -OCH3 is 3. The van der Waals surface area contributed by atoms with Crippen molar-refractivity contribution in [2.45, 2.75) is 12.8 Å². The van der Waals surface area contributed by atoms with E-state index < -0.39 is 0 Å². The summed E-state index contributed by atoms with van der Waals surface area (Å²) < 4.78 is 16.2. The zero-order chi connectivity index (χ0) is 18.8. The van der Waals surface area contributed by atoms with Crippen LogP contribution in [0.15, 0.2) is 47.5 Å². The van der Waals surface area contributed by atoms with Gasteiger partial charge in [0.2, 0.25) is 0 Å². The summed E-state index contributed by atoms with van der Waals surface area (Å²) in [6.45, 7) is 0.580. The van der Waals surface area contributed by atoms with E-state index in [0.29, 0.717) is 19.4 Å². The molecule has 5 nitrogen and oxygen atoms in total. The third kappa shape index (κ3) is 5.33. The highest BCUT2D eigenvalue weighted by Gasteiger charge is 2.15. The number of hydrogen-bond donors (Lipinski definition) is 0. The zero-order valence-electron chi connectivity index (χ0n) is 15.4. The van der Waals surface area contributed by atoms with Gasteiger partial charge in [-0.1, -0.05) is 18.2 Å². The lowest BCUT2D eigenvalue weighted by molar-refractivity contribution is 0.200. The fourth-order valence-corrected chi connectivity index (χ4v) is 2.68. The molecule has 2 aromatic rings. The largest absolute Gasteiger partial charge is 0.496 e. The van der Waals surface area contributed by atoms with Crippen molar-refractivity contribution in [1.29, 1.82) is 5.26 Å². The van der Waals surface area contributed by atoms with Crippen LogP contribution in [0.2, 0.25) is 0 Å². The maximum atomic E-state index is 9.47. The van der Waals surface area contributed by atoms with Crippen molar-refractivity contribution < 1.29 is 14.2 Å². The van der Waals surface area contributed by atoms with Crippen molar-refractivity contribution in [3.63, 3.8) is 0 Å². The Morgan fingerprint density at radius 3 is 2.27 bits per heavy atom. The zero-order valence-corrected chi connectivity index (χ0v) is 15.4. The smallest absolute Gasteiger partial charge is 0.126 e. The first-order valence-corrected chi connectivity index (χ1v) is 8.43. The van der Waals surface area contributed by atoms with Crippen LogP contribution >= 0.6 is 0 Å². The average Bonchev–Trinajstić information content (AvgIpc) is 2.69. The molecule has 0 saturated heterocycles. The van der Waals surface area contributed by atoms with Crippen molar-refractivity contribution in [2.24, 2.45) is 10.9 Å². The summed E-state index contributed by atoms with van der Waals surface area (Å²) in [6, 6.07) is 15.8. The van der Waals surface area contributed by atoms with Crippen molar-refractivity contribution >= 4 is 11.9 Å². The maximum Gasteiger partial charge on any atom is 0.126 e. The minimum atomic E-state index is -0.338. The molecule has 0 aliphatic heterocycles. The Balaban J connectivity index is 2.21.